The Morgan fingerprint density at radius 1 is 1.07 bits per heavy atom. The van der Waals surface area contributed by atoms with Crippen molar-refractivity contribution in [3.05, 3.63) is 54.1 Å². The van der Waals surface area contributed by atoms with Gasteiger partial charge >= 0.3 is 0 Å². The van der Waals surface area contributed by atoms with Crippen molar-refractivity contribution in [3.63, 3.8) is 0 Å². The number of benzene rings is 2. The summed E-state index contributed by atoms with van der Waals surface area (Å²) < 4.78 is 30.5. The lowest BCUT2D eigenvalue weighted by molar-refractivity contribution is -0.114. The minimum atomic E-state index is -3.71. The number of hydrogen-bond acceptors (Lipinski definition) is 5. The van der Waals surface area contributed by atoms with Crippen molar-refractivity contribution in [1.29, 1.82) is 0 Å². The van der Waals surface area contributed by atoms with E-state index in [1.54, 1.807) is 48.5 Å². The first-order chi connectivity index (χ1) is 13.8. The van der Waals surface area contributed by atoms with E-state index in [2.05, 4.69) is 10.6 Å². The van der Waals surface area contributed by atoms with E-state index in [9.17, 15) is 18.0 Å². The van der Waals surface area contributed by atoms with Crippen LogP contribution in [0.2, 0.25) is 0 Å². The molecule has 0 aliphatic carbocycles. The Balaban J connectivity index is 2.20. The van der Waals surface area contributed by atoms with Crippen molar-refractivity contribution in [2.45, 2.75) is 13.3 Å². The molecule has 0 fully saturated rings. The summed E-state index contributed by atoms with van der Waals surface area (Å²) in [5.74, 6) is -0.307. The molecule has 9 heteroatoms. The minimum Gasteiger partial charge on any atom is -0.497 e. The zero-order chi connectivity index (χ0) is 21.4. The van der Waals surface area contributed by atoms with Gasteiger partial charge in [0, 0.05) is 6.54 Å². The first kappa shape index (κ1) is 22.2. The Morgan fingerprint density at radius 2 is 1.72 bits per heavy atom. The lowest BCUT2D eigenvalue weighted by atomic mass is 10.1. The van der Waals surface area contributed by atoms with E-state index >= 15 is 0 Å². The molecule has 2 amide bonds. The zero-order valence-corrected chi connectivity index (χ0v) is 17.5. The fraction of sp³-hybridized carbons (Fsp3) is 0.300. The molecule has 0 saturated heterocycles. The van der Waals surface area contributed by atoms with Crippen molar-refractivity contribution < 1.29 is 22.7 Å². The molecule has 0 aliphatic heterocycles. The Labute approximate surface area is 170 Å². The van der Waals surface area contributed by atoms with Crippen LogP contribution in [0.3, 0.4) is 0 Å². The molecule has 2 aromatic rings. The van der Waals surface area contributed by atoms with Gasteiger partial charge in [0.25, 0.3) is 5.91 Å². The van der Waals surface area contributed by atoms with E-state index in [4.69, 9.17) is 4.74 Å². The first-order valence-corrected chi connectivity index (χ1v) is 10.9. The second kappa shape index (κ2) is 9.92. The molecule has 0 unspecified atom stereocenters. The Kier molecular flexibility index (Phi) is 7.60. The van der Waals surface area contributed by atoms with Crippen LogP contribution in [-0.4, -0.2) is 46.7 Å². The van der Waals surface area contributed by atoms with Crippen molar-refractivity contribution in [2.75, 3.05) is 36.1 Å². The molecule has 2 N–H and O–H groups in total. The minimum absolute atomic E-state index is 0.308. The number of carbonyl (C=O) groups is 2. The maximum atomic E-state index is 12.6. The van der Waals surface area contributed by atoms with Crippen LogP contribution in [0.4, 0.5) is 11.4 Å². The average molecular weight is 420 g/mol. The SMILES string of the molecule is CCCNC(=O)c1ccccc1NC(=O)CN(c1ccc(OC)cc1)S(C)(=O)=O. The number of ether oxygens (including phenoxy) is 1. The molecular weight excluding hydrogens is 394 g/mol. The quantitative estimate of drug-likeness (QED) is 0.649. The van der Waals surface area contributed by atoms with E-state index < -0.39 is 22.5 Å². The summed E-state index contributed by atoms with van der Waals surface area (Å²) >= 11 is 0. The zero-order valence-electron chi connectivity index (χ0n) is 16.6. The predicted molar refractivity (Wildman–Crippen MR) is 113 cm³/mol. The van der Waals surface area contributed by atoms with Gasteiger partial charge in [0.1, 0.15) is 12.3 Å². The van der Waals surface area contributed by atoms with Crippen LogP contribution >= 0.6 is 0 Å². The molecule has 0 bridgehead atoms. The van der Waals surface area contributed by atoms with Crippen LogP contribution in [0, 0.1) is 0 Å². The number of rotatable bonds is 9. The molecule has 0 heterocycles. The number of amides is 2. The third kappa shape index (κ3) is 6.21. The molecule has 0 aliphatic rings. The van der Waals surface area contributed by atoms with Gasteiger partial charge in [0.15, 0.2) is 0 Å². The predicted octanol–water partition coefficient (Wildman–Crippen LogP) is 2.24. The van der Waals surface area contributed by atoms with Crippen LogP contribution in [0.5, 0.6) is 5.75 Å². The number of sulfonamides is 1. The lowest BCUT2D eigenvalue weighted by Gasteiger charge is -2.22. The van der Waals surface area contributed by atoms with Crippen LogP contribution in [-0.2, 0) is 14.8 Å². The van der Waals surface area contributed by atoms with Gasteiger partial charge in [0.2, 0.25) is 15.9 Å². The van der Waals surface area contributed by atoms with Crippen molar-refractivity contribution >= 4 is 33.2 Å². The summed E-state index contributed by atoms with van der Waals surface area (Å²) in [5, 5.41) is 5.39. The number of carbonyl (C=O) groups excluding carboxylic acids is 2. The number of anilines is 2. The van der Waals surface area contributed by atoms with E-state index in [-0.39, 0.29) is 5.91 Å². The van der Waals surface area contributed by atoms with Crippen LogP contribution < -0.4 is 19.7 Å². The van der Waals surface area contributed by atoms with Gasteiger partial charge in [-0.25, -0.2) is 8.42 Å². The number of para-hydroxylation sites is 1. The third-order valence-electron chi connectivity index (χ3n) is 4.03. The number of hydrogen-bond donors (Lipinski definition) is 2. The van der Waals surface area contributed by atoms with Gasteiger partial charge in [-0.15, -0.1) is 0 Å². The normalized spacial score (nSPS) is 10.9. The van der Waals surface area contributed by atoms with Gasteiger partial charge in [0.05, 0.1) is 30.3 Å². The van der Waals surface area contributed by atoms with E-state index in [1.165, 1.54) is 7.11 Å². The van der Waals surface area contributed by atoms with Crippen LogP contribution in [0.15, 0.2) is 48.5 Å². The van der Waals surface area contributed by atoms with Crippen LogP contribution in [0.1, 0.15) is 23.7 Å². The molecule has 0 radical (unpaired) electrons. The van der Waals surface area contributed by atoms with Gasteiger partial charge < -0.3 is 15.4 Å². The summed E-state index contributed by atoms with van der Waals surface area (Å²) in [6.45, 7) is 2.02. The van der Waals surface area contributed by atoms with E-state index in [0.29, 0.717) is 29.2 Å². The molecule has 2 rings (SSSR count). The summed E-state index contributed by atoms with van der Waals surface area (Å²) in [7, 11) is -2.21. The summed E-state index contributed by atoms with van der Waals surface area (Å²) in [6.07, 6.45) is 1.81. The van der Waals surface area contributed by atoms with E-state index in [0.717, 1.165) is 17.0 Å². The number of methoxy groups -OCH3 is 1. The molecular formula is C20H25N3O5S. The highest BCUT2D eigenvalue weighted by Crippen LogP contribution is 2.22. The summed E-state index contributed by atoms with van der Waals surface area (Å²) in [4.78, 5) is 24.9. The maximum absolute atomic E-state index is 12.6. The van der Waals surface area contributed by atoms with Gasteiger partial charge in [-0.2, -0.15) is 0 Å². The molecule has 0 saturated carbocycles. The van der Waals surface area contributed by atoms with Crippen LogP contribution in [0.25, 0.3) is 0 Å². The van der Waals surface area contributed by atoms with Crippen molar-refractivity contribution in [1.82, 2.24) is 5.32 Å². The number of nitrogens with one attached hydrogen (secondary N) is 2. The molecule has 2 aromatic carbocycles. The number of nitrogens with zero attached hydrogens (tertiary/aromatic N) is 1. The fourth-order valence-corrected chi connectivity index (χ4v) is 3.45. The van der Waals surface area contributed by atoms with Gasteiger partial charge in [-0.05, 0) is 42.8 Å². The van der Waals surface area contributed by atoms with Gasteiger partial charge in [-0.1, -0.05) is 19.1 Å². The fourth-order valence-electron chi connectivity index (χ4n) is 2.59. The summed E-state index contributed by atoms with van der Waals surface area (Å²) in [5.41, 5.74) is 0.955. The highest BCUT2D eigenvalue weighted by molar-refractivity contribution is 7.92. The third-order valence-corrected chi connectivity index (χ3v) is 5.17. The highest BCUT2D eigenvalue weighted by atomic mass is 32.2. The van der Waals surface area contributed by atoms with E-state index in [1.807, 2.05) is 6.92 Å². The Hall–Kier alpha value is -3.07. The monoisotopic (exact) mass is 419 g/mol. The molecule has 29 heavy (non-hydrogen) atoms. The molecule has 0 atom stereocenters. The molecule has 156 valence electrons. The lowest BCUT2D eigenvalue weighted by Crippen LogP contribution is -2.37. The van der Waals surface area contributed by atoms with Crippen molar-refractivity contribution in [2.24, 2.45) is 0 Å². The van der Waals surface area contributed by atoms with Gasteiger partial charge in [-0.3, -0.25) is 13.9 Å². The highest BCUT2D eigenvalue weighted by Gasteiger charge is 2.22. The Morgan fingerprint density at radius 3 is 2.31 bits per heavy atom. The Bertz CT molecular complexity index is 958. The second-order valence-electron chi connectivity index (χ2n) is 6.32. The average Bonchev–Trinajstić information content (AvgIpc) is 2.70. The first-order valence-electron chi connectivity index (χ1n) is 9.05. The second-order valence-corrected chi connectivity index (χ2v) is 8.22. The smallest absolute Gasteiger partial charge is 0.253 e. The molecule has 8 nitrogen and oxygen atoms in total. The summed E-state index contributed by atoms with van der Waals surface area (Å²) in [6, 6.07) is 12.9. The standard InChI is InChI=1S/C20H25N3O5S/c1-4-13-21-20(25)17-7-5-6-8-18(17)22-19(24)14-23(29(3,26)27)15-9-11-16(28-2)12-10-15/h5-12H,4,13-14H2,1-3H3,(H,21,25)(H,22,24). The molecule has 0 aromatic heterocycles. The topological polar surface area (TPSA) is 105 Å². The molecule has 0 spiro atoms. The van der Waals surface area contributed by atoms with Crippen molar-refractivity contribution in [3.8, 4) is 5.75 Å². The maximum Gasteiger partial charge on any atom is 0.253 e. The largest absolute Gasteiger partial charge is 0.497 e.